The van der Waals surface area contributed by atoms with E-state index in [2.05, 4.69) is 87.6 Å². The van der Waals surface area contributed by atoms with Gasteiger partial charge in [0.25, 0.3) is 0 Å². The number of rotatable bonds is 2. The Morgan fingerprint density at radius 3 is 2.16 bits per heavy atom. The van der Waals surface area contributed by atoms with E-state index < -0.39 is 5.66 Å². The van der Waals surface area contributed by atoms with Crippen molar-refractivity contribution in [2.24, 2.45) is 10.2 Å². The molecule has 8 rings (SSSR count). The number of anilines is 1. The molecule has 1 fully saturated rings. The van der Waals surface area contributed by atoms with Crippen molar-refractivity contribution < 1.29 is 0 Å². The third-order valence-electron chi connectivity index (χ3n) is 7.46. The average molecular weight is 521 g/mol. The van der Waals surface area contributed by atoms with Crippen molar-refractivity contribution in [2.75, 3.05) is 5.01 Å². The summed E-state index contributed by atoms with van der Waals surface area (Å²) in [6, 6.07) is 35.2. The minimum atomic E-state index is -0.686. The Balaban J connectivity index is 1.26. The van der Waals surface area contributed by atoms with Gasteiger partial charge in [0.2, 0.25) is 5.17 Å². The summed E-state index contributed by atoms with van der Waals surface area (Å²) in [6.07, 6.45) is 0. The van der Waals surface area contributed by atoms with Crippen LogP contribution in [0, 0.1) is 0 Å². The van der Waals surface area contributed by atoms with Gasteiger partial charge in [0.05, 0.1) is 11.7 Å². The lowest BCUT2D eigenvalue weighted by molar-refractivity contribution is 0.217. The van der Waals surface area contributed by atoms with Crippen molar-refractivity contribution in [3.8, 4) is 11.1 Å². The Bertz CT molecular complexity index is 1570. The number of hydrogen-bond acceptors (Lipinski definition) is 7. The fourth-order valence-electron chi connectivity index (χ4n) is 5.84. The summed E-state index contributed by atoms with van der Waals surface area (Å²) in [7, 11) is 0. The molecule has 6 nitrogen and oxygen atoms in total. The SMILES string of the molecule is Clc1ccccc1C1C2SC3=NNC4(NN3C2=NN1c1ccccc1)c1ccccc1-c1ccccc14. The lowest BCUT2D eigenvalue weighted by atomic mass is 9.98. The summed E-state index contributed by atoms with van der Waals surface area (Å²) in [5.74, 6) is 0.917. The number of para-hydroxylation sites is 1. The van der Waals surface area contributed by atoms with E-state index in [9.17, 15) is 0 Å². The molecule has 2 atom stereocenters. The third kappa shape index (κ3) is 2.93. The predicted molar refractivity (Wildman–Crippen MR) is 150 cm³/mol. The first-order valence-corrected chi connectivity index (χ1v) is 13.5. The molecule has 37 heavy (non-hydrogen) atoms. The molecule has 4 aromatic carbocycles. The number of nitrogens with one attached hydrogen (secondary N) is 2. The van der Waals surface area contributed by atoms with Gasteiger partial charge in [-0.1, -0.05) is 108 Å². The Kier molecular flexibility index (Phi) is 4.53. The molecule has 4 aromatic rings. The van der Waals surface area contributed by atoms with Crippen molar-refractivity contribution in [3.63, 3.8) is 0 Å². The maximum absolute atomic E-state index is 6.75. The van der Waals surface area contributed by atoms with Crippen LogP contribution >= 0.6 is 23.4 Å². The minimum Gasteiger partial charge on any atom is -0.277 e. The molecule has 0 amide bonds. The Morgan fingerprint density at radius 1 is 0.784 bits per heavy atom. The summed E-state index contributed by atoms with van der Waals surface area (Å²) < 4.78 is 0. The molecule has 4 aliphatic rings. The maximum atomic E-state index is 6.75. The molecule has 1 saturated heterocycles. The number of amidine groups is 2. The molecular formula is C29H21ClN6S. The van der Waals surface area contributed by atoms with Crippen molar-refractivity contribution >= 4 is 40.1 Å². The van der Waals surface area contributed by atoms with Gasteiger partial charge in [0.15, 0.2) is 11.5 Å². The highest BCUT2D eigenvalue weighted by Crippen LogP contribution is 2.51. The van der Waals surface area contributed by atoms with Gasteiger partial charge in [-0.2, -0.15) is 15.6 Å². The number of halogens is 1. The Morgan fingerprint density at radius 2 is 1.43 bits per heavy atom. The second-order valence-corrected chi connectivity index (χ2v) is 11.0. The van der Waals surface area contributed by atoms with E-state index >= 15 is 0 Å². The predicted octanol–water partition coefficient (Wildman–Crippen LogP) is 5.89. The highest BCUT2D eigenvalue weighted by Gasteiger charge is 2.55. The second-order valence-electron chi connectivity index (χ2n) is 9.44. The van der Waals surface area contributed by atoms with Crippen LogP contribution in [0.1, 0.15) is 22.7 Å². The number of fused-ring (bicyclic) bond motifs is 8. The Labute approximate surface area is 223 Å². The summed E-state index contributed by atoms with van der Waals surface area (Å²) in [5.41, 5.74) is 13.4. The van der Waals surface area contributed by atoms with Crippen LogP contribution in [0.5, 0.6) is 0 Å². The van der Waals surface area contributed by atoms with Crippen LogP contribution < -0.4 is 15.9 Å². The van der Waals surface area contributed by atoms with Crippen molar-refractivity contribution in [3.05, 3.63) is 125 Å². The molecule has 0 aromatic heterocycles. The smallest absolute Gasteiger partial charge is 0.204 e. The largest absolute Gasteiger partial charge is 0.277 e. The first kappa shape index (κ1) is 21.3. The van der Waals surface area contributed by atoms with Crippen LogP contribution in [0.4, 0.5) is 5.69 Å². The first-order valence-electron chi connectivity index (χ1n) is 12.2. The van der Waals surface area contributed by atoms with E-state index in [0.717, 1.165) is 38.4 Å². The van der Waals surface area contributed by atoms with Gasteiger partial charge >= 0.3 is 0 Å². The van der Waals surface area contributed by atoms with Crippen molar-refractivity contribution in [1.29, 1.82) is 0 Å². The zero-order valence-electron chi connectivity index (χ0n) is 19.5. The van der Waals surface area contributed by atoms with E-state index in [1.807, 2.05) is 36.4 Å². The van der Waals surface area contributed by atoms with Crippen molar-refractivity contribution in [1.82, 2.24) is 15.9 Å². The average Bonchev–Trinajstić information content (AvgIpc) is 3.58. The van der Waals surface area contributed by atoms with Gasteiger partial charge in [-0.3, -0.25) is 10.4 Å². The van der Waals surface area contributed by atoms with Gasteiger partial charge in [-0.15, -0.1) is 0 Å². The quantitative estimate of drug-likeness (QED) is 0.345. The number of nitrogens with zero attached hydrogens (tertiary/aromatic N) is 4. The molecular weight excluding hydrogens is 500 g/mol. The molecule has 1 aliphatic carbocycles. The molecule has 0 bridgehead atoms. The fraction of sp³-hybridized carbons (Fsp3) is 0.103. The normalized spacial score (nSPS) is 22.1. The van der Waals surface area contributed by atoms with Gasteiger partial charge < -0.3 is 0 Å². The molecule has 0 radical (unpaired) electrons. The van der Waals surface area contributed by atoms with Gasteiger partial charge in [0, 0.05) is 16.1 Å². The van der Waals surface area contributed by atoms with E-state index in [1.165, 1.54) is 11.1 Å². The summed E-state index contributed by atoms with van der Waals surface area (Å²) in [4.78, 5) is 0. The standard InChI is InChI=1S/C29H21ClN6S/c30-24-17-9-6-14-21(24)25-26-27(32-35(25)18-10-2-1-3-11-18)36-28(37-26)31-33-29(34-36)22-15-7-4-12-19(22)20-13-5-8-16-23(20)29/h1-17,25-26,33-34H. The van der Waals surface area contributed by atoms with Crippen LogP contribution in [0.2, 0.25) is 5.02 Å². The zero-order valence-corrected chi connectivity index (χ0v) is 21.1. The van der Waals surface area contributed by atoms with Gasteiger partial charge in [-0.25, -0.2) is 5.01 Å². The monoisotopic (exact) mass is 520 g/mol. The van der Waals surface area contributed by atoms with E-state index in [-0.39, 0.29) is 11.3 Å². The van der Waals surface area contributed by atoms with Crippen LogP contribution in [0.15, 0.2) is 113 Å². The zero-order chi connectivity index (χ0) is 24.6. The molecule has 0 saturated carbocycles. The lowest BCUT2D eigenvalue weighted by Gasteiger charge is -2.40. The van der Waals surface area contributed by atoms with Crippen LogP contribution in [0.3, 0.4) is 0 Å². The number of benzene rings is 4. The topological polar surface area (TPSA) is 55.3 Å². The van der Waals surface area contributed by atoms with Gasteiger partial charge in [-0.05, 0) is 34.9 Å². The van der Waals surface area contributed by atoms with Crippen LogP contribution in [-0.4, -0.2) is 21.3 Å². The number of hydrazone groups is 2. The van der Waals surface area contributed by atoms with Crippen LogP contribution in [0.25, 0.3) is 11.1 Å². The van der Waals surface area contributed by atoms with E-state index in [1.54, 1.807) is 11.8 Å². The molecule has 180 valence electrons. The Hall–Kier alpha value is -3.78. The fourth-order valence-corrected chi connectivity index (χ4v) is 7.31. The maximum Gasteiger partial charge on any atom is 0.204 e. The molecule has 3 heterocycles. The lowest BCUT2D eigenvalue weighted by Crippen LogP contribution is -2.63. The highest BCUT2D eigenvalue weighted by atomic mass is 35.5. The van der Waals surface area contributed by atoms with Crippen LogP contribution in [-0.2, 0) is 5.66 Å². The van der Waals surface area contributed by atoms with Gasteiger partial charge in [0.1, 0.15) is 5.25 Å². The molecule has 1 spiro atoms. The van der Waals surface area contributed by atoms with E-state index in [4.69, 9.17) is 21.8 Å². The first-order chi connectivity index (χ1) is 18.2. The molecule has 2 unspecified atom stereocenters. The number of hydrogen-bond donors (Lipinski definition) is 2. The third-order valence-corrected chi connectivity index (χ3v) is 9.01. The number of hydrazine groups is 1. The summed E-state index contributed by atoms with van der Waals surface area (Å²) in [5, 5.41) is 15.9. The summed E-state index contributed by atoms with van der Waals surface area (Å²) >= 11 is 8.45. The highest BCUT2D eigenvalue weighted by molar-refractivity contribution is 8.15. The molecule has 2 N–H and O–H groups in total. The van der Waals surface area contributed by atoms with Crippen molar-refractivity contribution in [2.45, 2.75) is 17.0 Å². The number of thioether (sulfide) groups is 1. The minimum absolute atomic E-state index is 0.00944. The molecule has 3 aliphatic heterocycles. The second kappa shape index (κ2) is 7.86. The summed E-state index contributed by atoms with van der Waals surface area (Å²) in [6.45, 7) is 0. The van der Waals surface area contributed by atoms with E-state index in [0.29, 0.717) is 0 Å². The molecule has 8 heteroatoms.